The third-order valence-electron chi connectivity index (χ3n) is 3.68. The number of hydrogen-bond donors (Lipinski definition) is 2. The van der Waals surface area contributed by atoms with Gasteiger partial charge in [-0.2, -0.15) is 0 Å². The minimum Gasteiger partial charge on any atom is -0.462 e. The van der Waals surface area contributed by atoms with Crippen LogP contribution in [-0.4, -0.2) is 25.2 Å². The van der Waals surface area contributed by atoms with Crippen LogP contribution >= 0.6 is 12.4 Å². The van der Waals surface area contributed by atoms with Crippen LogP contribution in [0.25, 0.3) is 0 Å². The number of carbonyl (C=O) groups is 1. The van der Waals surface area contributed by atoms with E-state index in [1.165, 1.54) is 32.1 Å². The van der Waals surface area contributed by atoms with Crippen molar-refractivity contribution in [2.45, 2.75) is 58.4 Å². The van der Waals surface area contributed by atoms with E-state index in [9.17, 15) is 4.79 Å². The Morgan fingerprint density at radius 3 is 2.52 bits per heavy atom. The van der Waals surface area contributed by atoms with Crippen molar-refractivity contribution in [1.29, 1.82) is 0 Å². The molecule has 0 spiro atoms. The fourth-order valence-corrected chi connectivity index (χ4v) is 2.27. The van der Waals surface area contributed by atoms with Gasteiger partial charge in [-0.1, -0.05) is 32.6 Å². The number of carbonyl (C=O) groups excluding carboxylic acids is 1. The van der Waals surface area contributed by atoms with Gasteiger partial charge in [0.25, 0.3) is 0 Å². The summed E-state index contributed by atoms with van der Waals surface area (Å²) in [4.78, 5) is 11.8. The lowest BCUT2D eigenvalue weighted by atomic mass is 10.1. The van der Waals surface area contributed by atoms with E-state index in [4.69, 9.17) is 10.5 Å². The molecule has 0 aliphatic carbocycles. The normalized spacial score (nSPS) is 11.6. The monoisotopic (exact) mass is 342 g/mol. The highest BCUT2D eigenvalue weighted by atomic mass is 35.5. The van der Waals surface area contributed by atoms with Crippen LogP contribution in [0.1, 0.15) is 62.7 Å². The number of anilines is 1. The highest BCUT2D eigenvalue weighted by molar-refractivity contribution is 5.89. The van der Waals surface area contributed by atoms with Gasteiger partial charge in [-0.3, -0.25) is 0 Å². The van der Waals surface area contributed by atoms with E-state index in [0.29, 0.717) is 23.9 Å². The molecule has 4 nitrogen and oxygen atoms in total. The number of nitrogens with two attached hydrogens (primary N) is 1. The fraction of sp³-hybridized carbons (Fsp3) is 0.611. The van der Waals surface area contributed by atoms with Gasteiger partial charge in [0.2, 0.25) is 0 Å². The molecule has 0 saturated carbocycles. The molecule has 0 bridgehead atoms. The molecule has 5 heteroatoms. The Kier molecular flexibility index (Phi) is 12.5. The average Bonchev–Trinajstić information content (AvgIpc) is 2.51. The van der Waals surface area contributed by atoms with Gasteiger partial charge >= 0.3 is 5.97 Å². The number of nitrogens with one attached hydrogen (secondary N) is 1. The molecule has 1 aromatic carbocycles. The van der Waals surface area contributed by atoms with E-state index in [-0.39, 0.29) is 18.4 Å². The third kappa shape index (κ3) is 10.2. The molecule has 0 amide bonds. The van der Waals surface area contributed by atoms with Crippen molar-refractivity contribution in [2.24, 2.45) is 0 Å². The zero-order valence-corrected chi connectivity index (χ0v) is 15.2. The molecule has 3 N–H and O–H groups in total. The smallest absolute Gasteiger partial charge is 0.338 e. The van der Waals surface area contributed by atoms with Crippen molar-refractivity contribution >= 4 is 24.1 Å². The summed E-state index contributed by atoms with van der Waals surface area (Å²) in [5, 5.41) is 3.47. The van der Waals surface area contributed by atoms with Crippen LogP contribution < -0.4 is 11.1 Å². The highest BCUT2D eigenvalue weighted by Gasteiger charge is 2.06. The quantitative estimate of drug-likeness (QED) is 0.359. The van der Waals surface area contributed by atoms with Crippen LogP contribution in [0.3, 0.4) is 0 Å². The average molecular weight is 343 g/mol. The largest absolute Gasteiger partial charge is 0.462 e. The summed E-state index contributed by atoms with van der Waals surface area (Å²) in [6.07, 6.45) is 7.26. The predicted molar refractivity (Wildman–Crippen MR) is 99.2 cm³/mol. The number of ether oxygens (including phenoxy) is 1. The van der Waals surface area contributed by atoms with Gasteiger partial charge in [-0.05, 0) is 50.6 Å². The van der Waals surface area contributed by atoms with E-state index in [2.05, 4.69) is 19.2 Å². The van der Waals surface area contributed by atoms with Crippen LogP contribution in [-0.2, 0) is 4.74 Å². The van der Waals surface area contributed by atoms with Crippen molar-refractivity contribution in [3.05, 3.63) is 29.8 Å². The molecule has 0 saturated heterocycles. The fourth-order valence-electron chi connectivity index (χ4n) is 2.27. The molecule has 132 valence electrons. The number of nitrogen functional groups attached to an aromatic ring is 1. The minimum atomic E-state index is -0.285. The molecule has 0 heterocycles. The second-order valence-electron chi connectivity index (χ2n) is 5.82. The van der Waals surface area contributed by atoms with Gasteiger partial charge < -0.3 is 15.8 Å². The van der Waals surface area contributed by atoms with Crippen molar-refractivity contribution < 1.29 is 9.53 Å². The van der Waals surface area contributed by atoms with Crippen LogP contribution in [0, 0.1) is 0 Å². The summed E-state index contributed by atoms with van der Waals surface area (Å²) < 4.78 is 5.24. The molecular weight excluding hydrogens is 312 g/mol. The summed E-state index contributed by atoms with van der Waals surface area (Å²) in [6, 6.07) is 7.32. The van der Waals surface area contributed by atoms with Gasteiger partial charge in [-0.25, -0.2) is 4.79 Å². The Hall–Kier alpha value is -1.26. The molecule has 0 fully saturated rings. The topological polar surface area (TPSA) is 64.3 Å². The predicted octanol–water partition coefficient (Wildman–Crippen LogP) is 4.19. The Bertz CT molecular complexity index is 424. The molecule has 1 atom stereocenters. The maximum atomic E-state index is 11.8. The van der Waals surface area contributed by atoms with Crippen molar-refractivity contribution in [2.75, 3.05) is 18.9 Å². The standard InChI is InChI=1S/C18H30N2O2.ClH/c1-3-4-5-6-8-15(2)20-13-7-14-22-18(21)16-9-11-17(19)12-10-16;/h9-12,15,20H,3-8,13-14,19H2,1-2H3;1H. The zero-order chi connectivity index (χ0) is 16.2. The van der Waals surface area contributed by atoms with Gasteiger partial charge in [0.05, 0.1) is 12.2 Å². The van der Waals surface area contributed by atoms with E-state index in [1.807, 2.05) is 0 Å². The summed E-state index contributed by atoms with van der Waals surface area (Å²) in [6.45, 7) is 5.77. The number of unbranched alkanes of at least 4 members (excludes halogenated alkanes) is 3. The minimum absolute atomic E-state index is 0. The number of rotatable bonds is 11. The molecule has 0 aliphatic heterocycles. The molecule has 0 radical (unpaired) electrons. The summed E-state index contributed by atoms with van der Waals surface area (Å²) >= 11 is 0. The Morgan fingerprint density at radius 2 is 1.87 bits per heavy atom. The van der Waals surface area contributed by atoms with Crippen LogP contribution in [0.15, 0.2) is 24.3 Å². The summed E-state index contributed by atoms with van der Waals surface area (Å²) in [5.74, 6) is -0.285. The molecule has 1 unspecified atom stereocenters. The van der Waals surface area contributed by atoms with Gasteiger partial charge in [0.1, 0.15) is 0 Å². The Morgan fingerprint density at radius 1 is 1.17 bits per heavy atom. The van der Waals surface area contributed by atoms with E-state index in [1.54, 1.807) is 24.3 Å². The summed E-state index contributed by atoms with van der Waals surface area (Å²) in [5.41, 5.74) is 6.78. The van der Waals surface area contributed by atoms with Crippen molar-refractivity contribution in [3.63, 3.8) is 0 Å². The molecular formula is C18H31ClN2O2. The van der Waals surface area contributed by atoms with E-state index >= 15 is 0 Å². The first-order valence-corrected chi connectivity index (χ1v) is 8.39. The van der Waals surface area contributed by atoms with Crippen LogP contribution in [0.4, 0.5) is 5.69 Å². The molecule has 0 aliphatic rings. The van der Waals surface area contributed by atoms with Crippen LogP contribution in [0.2, 0.25) is 0 Å². The Labute approximate surface area is 146 Å². The number of halogens is 1. The highest BCUT2D eigenvalue weighted by Crippen LogP contribution is 2.07. The first kappa shape index (κ1) is 21.7. The lowest BCUT2D eigenvalue weighted by molar-refractivity contribution is 0.0500. The van der Waals surface area contributed by atoms with Gasteiger partial charge in [-0.15, -0.1) is 12.4 Å². The first-order chi connectivity index (χ1) is 10.6. The molecule has 23 heavy (non-hydrogen) atoms. The van der Waals surface area contributed by atoms with Crippen molar-refractivity contribution in [3.8, 4) is 0 Å². The lowest BCUT2D eigenvalue weighted by Crippen LogP contribution is -2.27. The lowest BCUT2D eigenvalue weighted by Gasteiger charge is -2.13. The third-order valence-corrected chi connectivity index (χ3v) is 3.68. The van der Waals surface area contributed by atoms with Crippen molar-refractivity contribution in [1.82, 2.24) is 5.32 Å². The zero-order valence-electron chi connectivity index (χ0n) is 14.3. The number of esters is 1. The molecule has 1 aromatic rings. The molecule has 1 rings (SSSR count). The Balaban J connectivity index is 0.00000484. The van der Waals surface area contributed by atoms with Gasteiger partial charge in [0, 0.05) is 11.7 Å². The van der Waals surface area contributed by atoms with E-state index in [0.717, 1.165) is 13.0 Å². The second-order valence-corrected chi connectivity index (χ2v) is 5.82. The second kappa shape index (κ2) is 13.2. The SMILES string of the molecule is CCCCCCC(C)NCCCOC(=O)c1ccc(N)cc1.Cl. The van der Waals surface area contributed by atoms with E-state index < -0.39 is 0 Å². The van der Waals surface area contributed by atoms with Gasteiger partial charge in [0.15, 0.2) is 0 Å². The maximum absolute atomic E-state index is 11.8. The molecule has 0 aromatic heterocycles. The summed E-state index contributed by atoms with van der Waals surface area (Å²) in [7, 11) is 0. The number of hydrogen-bond acceptors (Lipinski definition) is 4. The maximum Gasteiger partial charge on any atom is 0.338 e. The first-order valence-electron chi connectivity index (χ1n) is 8.39. The van der Waals surface area contributed by atoms with Crippen LogP contribution in [0.5, 0.6) is 0 Å². The number of benzene rings is 1.